The van der Waals surface area contributed by atoms with Crippen molar-refractivity contribution in [2.45, 2.75) is 26.3 Å². The van der Waals surface area contributed by atoms with Crippen LogP contribution in [0.15, 0.2) is 16.6 Å². The van der Waals surface area contributed by atoms with E-state index in [1.54, 1.807) is 13.0 Å². The summed E-state index contributed by atoms with van der Waals surface area (Å²) < 4.78 is 0.756. The van der Waals surface area contributed by atoms with E-state index in [-0.39, 0.29) is 16.7 Å². The minimum atomic E-state index is -0.353. The Morgan fingerprint density at radius 2 is 2.21 bits per heavy atom. The lowest BCUT2D eigenvalue weighted by molar-refractivity contribution is -0.385. The topological polar surface area (TPSA) is 72.4 Å². The molecule has 1 saturated heterocycles. The number of hydrogen-bond donors (Lipinski definition) is 1. The molecule has 2 unspecified atom stereocenters. The van der Waals surface area contributed by atoms with Crippen LogP contribution in [0, 0.1) is 23.0 Å². The highest BCUT2D eigenvalue weighted by atomic mass is 79.9. The van der Waals surface area contributed by atoms with E-state index < -0.39 is 0 Å². The Labute approximate surface area is 121 Å². The van der Waals surface area contributed by atoms with Gasteiger partial charge in [0, 0.05) is 35.2 Å². The Morgan fingerprint density at radius 3 is 2.79 bits per heavy atom. The molecule has 1 aliphatic heterocycles. The minimum absolute atomic E-state index is 0.144. The van der Waals surface area contributed by atoms with Gasteiger partial charge in [0.25, 0.3) is 5.69 Å². The zero-order valence-electron chi connectivity index (χ0n) is 11.1. The average Bonchev–Trinajstić information content (AvgIpc) is 2.35. The molecule has 19 heavy (non-hydrogen) atoms. The second-order valence-electron chi connectivity index (χ2n) is 5.22. The van der Waals surface area contributed by atoms with E-state index in [0.717, 1.165) is 29.7 Å². The number of nitro benzene ring substituents is 1. The summed E-state index contributed by atoms with van der Waals surface area (Å²) in [7, 11) is 0. The summed E-state index contributed by atoms with van der Waals surface area (Å²) in [5.41, 5.74) is 7.92. The van der Waals surface area contributed by atoms with Gasteiger partial charge in [-0.2, -0.15) is 0 Å². The van der Waals surface area contributed by atoms with Gasteiger partial charge in [0.1, 0.15) is 0 Å². The van der Waals surface area contributed by atoms with Crippen LogP contribution in [0.2, 0.25) is 0 Å². The van der Waals surface area contributed by atoms with Crippen LogP contribution in [0.4, 0.5) is 11.4 Å². The quantitative estimate of drug-likeness (QED) is 0.669. The fourth-order valence-corrected chi connectivity index (χ4v) is 2.99. The van der Waals surface area contributed by atoms with Gasteiger partial charge in [-0.05, 0) is 41.3 Å². The van der Waals surface area contributed by atoms with Crippen LogP contribution in [0.3, 0.4) is 0 Å². The average molecular weight is 328 g/mol. The van der Waals surface area contributed by atoms with Crippen LogP contribution < -0.4 is 10.6 Å². The van der Waals surface area contributed by atoms with E-state index in [1.807, 2.05) is 6.07 Å². The molecule has 1 heterocycles. The van der Waals surface area contributed by atoms with Crippen LogP contribution in [0.1, 0.15) is 18.9 Å². The van der Waals surface area contributed by atoms with Crippen LogP contribution >= 0.6 is 15.9 Å². The Bertz CT molecular complexity index is 507. The van der Waals surface area contributed by atoms with E-state index >= 15 is 0 Å². The van der Waals surface area contributed by atoms with Gasteiger partial charge >= 0.3 is 0 Å². The maximum atomic E-state index is 10.9. The van der Waals surface area contributed by atoms with Gasteiger partial charge in [-0.1, -0.05) is 6.92 Å². The number of nitrogens with two attached hydrogens (primary N) is 1. The molecule has 104 valence electrons. The molecular formula is C13H18BrN3O2. The number of nitrogens with zero attached hydrogens (tertiary/aromatic N) is 2. The van der Waals surface area contributed by atoms with Crippen molar-refractivity contribution in [1.29, 1.82) is 0 Å². The molecular weight excluding hydrogens is 310 g/mol. The standard InChI is InChI=1S/C13H18BrN3O2/c1-8-3-4-16(7-11(8)15)13-5-9(2)12(17(18)19)6-10(13)14/h5-6,8,11H,3-4,7,15H2,1-2H3. The van der Waals surface area contributed by atoms with Gasteiger partial charge in [0.05, 0.1) is 10.6 Å². The highest BCUT2D eigenvalue weighted by Gasteiger charge is 2.25. The molecule has 0 amide bonds. The van der Waals surface area contributed by atoms with Gasteiger partial charge in [-0.15, -0.1) is 0 Å². The molecule has 2 N–H and O–H groups in total. The molecule has 0 aromatic heterocycles. The van der Waals surface area contributed by atoms with E-state index in [2.05, 4.69) is 27.8 Å². The summed E-state index contributed by atoms with van der Waals surface area (Å²) in [6, 6.07) is 3.59. The van der Waals surface area contributed by atoms with Gasteiger partial charge < -0.3 is 10.6 Å². The largest absolute Gasteiger partial charge is 0.369 e. The van der Waals surface area contributed by atoms with Crippen LogP contribution in [-0.2, 0) is 0 Å². The fraction of sp³-hybridized carbons (Fsp3) is 0.538. The Hall–Kier alpha value is -1.14. The van der Waals surface area contributed by atoms with Crippen LogP contribution in [0.25, 0.3) is 0 Å². The Balaban J connectivity index is 2.31. The molecule has 1 aromatic carbocycles. The summed E-state index contributed by atoms with van der Waals surface area (Å²) in [5.74, 6) is 0.522. The summed E-state index contributed by atoms with van der Waals surface area (Å²) in [6.07, 6.45) is 1.05. The molecule has 0 aliphatic carbocycles. The molecule has 0 radical (unpaired) electrons. The van der Waals surface area contributed by atoms with Gasteiger partial charge in [-0.3, -0.25) is 10.1 Å². The fourth-order valence-electron chi connectivity index (χ4n) is 2.41. The highest BCUT2D eigenvalue weighted by Crippen LogP contribution is 2.34. The molecule has 6 heteroatoms. The third-order valence-electron chi connectivity index (χ3n) is 3.82. The number of benzene rings is 1. The first-order valence-corrected chi connectivity index (χ1v) is 7.14. The maximum absolute atomic E-state index is 10.9. The molecule has 2 rings (SSSR count). The van der Waals surface area contributed by atoms with Gasteiger partial charge in [-0.25, -0.2) is 0 Å². The Kier molecular flexibility index (Phi) is 4.10. The normalized spacial score (nSPS) is 23.5. The summed E-state index contributed by atoms with van der Waals surface area (Å²) in [6.45, 7) is 5.65. The summed E-state index contributed by atoms with van der Waals surface area (Å²) >= 11 is 3.43. The number of nitro groups is 1. The van der Waals surface area contributed by atoms with Crippen molar-refractivity contribution >= 4 is 27.3 Å². The highest BCUT2D eigenvalue weighted by molar-refractivity contribution is 9.10. The zero-order valence-corrected chi connectivity index (χ0v) is 12.7. The number of hydrogen-bond acceptors (Lipinski definition) is 4. The predicted octanol–water partition coefficient (Wildman–Crippen LogP) is 2.84. The second kappa shape index (κ2) is 5.46. The number of piperidine rings is 1. The van der Waals surface area contributed by atoms with Gasteiger partial charge in [0.15, 0.2) is 0 Å². The first kappa shape index (κ1) is 14.3. The number of anilines is 1. The van der Waals surface area contributed by atoms with E-state index in [4.69, 9.17) is 5.73 Å². The summed E-state index contributed by atoms with van der Waals surface area (Å²) in [4.78, 5) is 12.8. The van der Waals surface area contributed by atoms with Crippen molar-refractivity contribution in [2.24, 2.45) is 11.7 Å². The van der Waals surface area contributed by atoms with Crippen LogP contribution in [-0.4, -0.2) is 24.1 Å². The third-order valence-corrected chi connectivity index (χ3v) is 4.45. The SMILES string of the molecule is Cc1cc(N2CCC(C)C(N)C2)c(Br)cc1[N+](=O)[O-]. The van der Waals surface area contributed by atoms with Crippen molar-refractivity contribution in [1.82, 2.24) is 0 Å². The molecule has 0 saturated carbocycles. The first-order chi connectivity index (χ1) is 8.90. The van der Waals surface area contributed by atoms with Crippen molar-refractivity contribution in [3.63, 3.8) is 0 Å². The molecule has 5 nitrogen and oxygen atoms in total. The molecule has 2 atom stereocenters. The number of rotatable bonds is 2. The number of halogens is 1. The monoisotopic (exact) mass is 327 g/mol. The van der Waals surface area contributed by atoms with Crippen LogP contribution in [0.5, 0.6) is 0 Å². The zero-order chi connectivity index (χ0) is 14.2. The van der Waals surface area contributed by atoms with Gasteiger partial charge in [0.2, 0.25) is 0 Å². The lowest BCUT2D eigenvalue weighted by atomic mass is 9.94. The van der Waals surface area contributed by atoms with E-state index in [9.17, 15) is 10.1 Å². The van der Waals surface area contributed by atoms with E-state index in [0.29, 0.717) is 11.5 Å². The summed E-state index contributed by atoms with van der Waals surface area (Å²) in [5, 5.41) is 10.9. The van der Waals surface area contributed by atoms with Crippen molar-refractivity contribution in [2.75, 3.05) is 18.0 Å². The molecule has 0 bridgehead atoms. The first-order valence-electron chi connectivity index (χ1n) is 6.35. The molecule has 1 fully saturated rings. The third kappa shape index (κ3) is 2.90. The number of aryl methyl sites for hydroxylation is 1. The lowest BCUT2D eigenvalue weighted by Gasteiger charge is -2.37. The minimum Gasteiger partial charge on any atom is -0.369 e. The molecule has 0 spiro atoms. The van der Waals surface area contributed by atoms with Crippen molar-refractivity contribution in [3.8, 4) is 0 Å². The Morgan fingerprint density at radius 1 is 1.53 bits per heavy atom. The smallest absolute Gasteiger partial charge is 0.273 e. The van der Waals surface area contributed by atoms with Crippen molar-refractivity contribution < 1.29 is 4.92 Å². The predicted molar refractivity (Wildman–Crippen MR) is 79.5 cm³/mol. The van der Waals surface area contributed by atoms with Crippen molar-refractivity contribution in [3.05, 3.63) is 32.3 Å². The maximum Gasteiger partial charge on any atom is 0.273 e. The van der Waals surface area contributed by atoms with E-state index in [1.165, 1.54) is 0 Å². The second-order valence-corrected chi connectivity index (χ2v) is 6.08. The lowest BCUT2D eigenvalue weighted by Crippen LogP contribution is -2.47. The molecule has 1 aromatic rings. The molecule has 1 aliphatic rings.